The van der Waals surface area contributed by atoms with E-state index in [0.717, 1.165) is 24.3 Å². The summed E-state index contributed by atoms with van der Waals surface area (Å²) < 4.78 is 64.5. The molecule has 0 heterocycles. The van der Waals surface area contributed by atoms with Crippen LogP contribution in [0.25, 0.3) is 10.8 Å². The molecule has 0 radical (unpaired) electrons. The van der Waals surface area contributed by atoms with Crippen LogP contribution < -0.4 is 0 Å². The molecule has 0 aliphatic carbocycles. The topological polar surface area (TPSA) is 191 Å². The molecule has 0 amide bonds. The molecule has 3 rings (SSSR count). The number of carboxylic acid groups (broad SMARTS) is 1. The van der Waals surface area contributed by atoms with Crippen molar-refractivity contribution in [1.82, 2.24) is 0 Å². The summed E-state index contributed by atoms with van der Waals surface area (Å²) in [5, 5.41) is 26.8. The van der Waals surface area contributed by atoms with Crippen molar-refractivity contribution < 1.29 is 40.9 Å². The van der Waals surface area contributed by atoms with E-state index in [0.29, 0.717) is 0 Å². The summed E-state index contributed by atoms with van der Waals surface area (Å²) in [6.45, 7) is 0. The van der Waals surface area contributed by atoms with Crippen LogP contribution in [0, 0.1) is 0 Å². The molecule has 13 heteroatoms. The Bertz CT molecular complexity index is 1430. The zero-order chi connectivity index (χ0) is 22.3. The predicted molar refractivity (Wildman–Crippen MR) is 103 cm³/mol. The third-order valence-corrected chi connectivity index (χ3v) is 5.67. The van der Waals surface area contributed by atoms with Crippen molar-refractivity contribution >= 4 is 48.4 Å². The Morgan fingerprint density at radius 1 is 0.867 bits per heavy atom. The van der Waals surface area contributed by atoms with Gasteiger partial charge in [0.1, 0.15) is 10.6 Å². The van der Waals surface area contributed by atoms with Crippen LogP contribution in [0.3, 0.4) is 0 Å². The molecule has 0 aromatic heterocycles. The number of aromatic carboxylic acids is 1. The minimum Gasteiger partial charge on any atom is -0.504 e. The van der Waals surface area contributed by atoms with Crippen LogP contribution in [0.4, 0.5) is 11.4 Å². The molecule has 0 bridgehead atoms. The van der Waals surface area contributed by atoms with Gasteiger partial charge in [-0.1, -0.05) is 12.1 Å². The van der Waals surface area contributed by atoms with Crippen molar-refractivity contribution in [3.63, 3.8) is 0 Å². The molecule has 0 saturated carbocycles. The maximum Gasteiger partial charge on any atom is 0.335 e. The molecule has 0 unspecified atom stereocenters. The minimum atomic E-state index is -4.94. The predicted octanol–water partition coefficient (Wildman–Crippen LogP) is 3.15. The number of hydrogen-bond donors (Lipinski definition) is 4. The first-order chi connectivity index (χ1) is 13.9. The summed E-state index contributed by atoms with van der Waals surface area (Å²) in [5.41, 5.74) is -0.456. The first-order valence-electron chi connectivity index (χ1n) is 7.88. The number of carboxylic acids is 1. The van der Waals surface area contributed by atoms with Gasteiger partial charge < -0.3 is 10.2 Å². The number of carbonyl (C=O) groups is 1. The molecule has 11 nitrogen and oxygen atoms in total. The van der Waals surface area contributed by atoms with Gasteiger partial charge in [0.25, 0.3) is 20.2 Å². The average molecular weight is 452 g/mol. The third kappa shape index (κ3) is 4.28. The highest BCUT2D eigenvalue weighted by Gasteiger charge is 2.23. The zero-order valence-corrected chi connectivity index (χ0v) is 16.3. The fourth-order valence-corrected chi connectivity index (χ4v) is 3.73. The molecule has 156 valence electrons. The van der Waals surface area contributed by atoms with Crippen molar-refractivity contribution in [1.29, 1.82) is 0 Å². The minimum absolute atomic E-state index is 0.0467. The summed E-state index contributed by atoms with van der Waals surface area (Å²) >= 11 is 0. The lowest BCUT2D eigenvalue weighted by molar-refractivity contribution is 0.0697. The number of phenolic OH excluding ortho intramolecular Hbond substituents is 1. The molecule has 0 atom stereocenters. The Morgan fingerprint density at radius 3 is 2.17 bits per heavy atom. The van der Waals surface area contributed by atoms with Gasteiger partial charge in [-0.05, 0) is 41.8 Å². The van der Waals surface area contributed by atoms with Crippen LogP contribution >= 0.6 is 0 Å². The fourth-order valence-electron chi connectivity index (χ4n) is 2.60. The molecule has 0 aliphatic rings. The first-order valence-corrected chi connectivity index (χ1v) is 10.8. The summed E-state index contributed by atoms with van der Waals surface area (Å²) in [6, 6.07) is 9.14. The van der Waals surface area contributed by atoms with E-state index < -0.39 is 47.4 Å². The van der Waals surface area contributed by atoms with Gasteiger partial charge >= 0.3 is 5.97 Å². The first kappa shape index (κ1) is 21.3. The van der Waals surface area contributed by atoms with Crippen molar-refractivity contribution in [2.45, 2.75) is 9.79 Å². The standard InChI is InChI=1S/C17H12N2O9S2/c20-16-14(30(26,27)28)8-10-7-12(29(23,24)25)4-5-13(10)15(16)19-18-11-3-1-2-9(6-11)17(21)22/h1-8,20H,(H,21,22)(H,23,24,25)(H,26,27,28). The van der Waals surface area contributed by atoms with E-state index in [-0.39, 0.29) is 22.0 Å². The SMILES string of the molecule is O=C(O)c1cccc(N=Nc2c(O)c(S(=O)(=O)O)cc3cc(S(=O)(=O)O)ccc23)c1. The molecule has 0 aliphatic heterocycles. The highest BCUT2D eigenvalue weighted by molar-refractivity contribution is 7.86. The molecule has 0 spiro atoms. The molecule has 30 heavy (non-hydrogen) atoms. The van der Waals surface area contributed by atoms with E-state index in [1.54, 1.807) is 0 Å². The van der Waals surface area contributed by atoms with Gasteiger partial charge in [-0.25, -0.2) is 4.79 Å². The second-order valence-corrected chi connectivity index (χ2v) is 8.77. The Kier molecular flexibility index (Phi) is 5.30. The van der Waals surface area contributed by atoms with Crippen LogP contribution in [0.5, 0.6) is 5.75 Å². The summed E-state index contributed by atoms with van der Waals surface area (Å²) in [6.07, 6.45) is 0. The van der Waals surface area contributed by atoms with Crippen molar-refractivity contribution in [2.75, 3.05) is 0 Å². The summed E-state index contributed by atoms with van der Waals surface area (Å²) in [5.74, 6) is -2.17. The van der Waals surface area contributed by atoms with Gasteiger partial charge in [-0.3, -0.25) is 9.11 Å². The van der Waals surface area contributed by atoms with Crippen LogP contribution in [-0.4, -0.2) is 42.1 Å². The number of aromatic hydroxyl groups is 1. The van der Waals surface area contributed by atoms with E-state index in [1.165, 1.54) is 24.3 Å². The molecule has 0 fully saturated rings. The third-order valence-electron chi connectivity index (χ3n) is 3.96. The van der Waals surface area contributed by atoms with E-state index in [4.69, 9.17) is 5.11 Å². The van der Waals surface area contributed by atoms with Gasteiger partial charge in [0, 0.05) is 5.39 Å². The highest BCUT2D eigenvalue weighted by Crippen LogP contribution is 2.41. The number of phenols is 1. The van der Waals surface area contributed by atoms with E-state index in [9.17, 15) is 35.8 Å². The second-order valence-electron chi connectivity index (χ2n) is 5.96. The molecular weight excluding hydrogens is 440 g/mol. The Balaban J connectivity index is 2.28. The number of benzene rings is 3. The van der Waals surface area contributed by atoms with Gasteiger partial charge in [0.15, 0.2) is 5.75 Å². The Morgan fingerprint density at radius 2 is 1.57 bits per heavy atom. The largest absolute Gasteiger partial charge is 0.504 e. The van der Waals surface area contributed by atoms with Crippen LogP contribution in [-0.2, 0) is 20.2 Å². The summed E-state index contributed by atoms with van der Waals surface area (Å²) in [4.78, 5) is 9.53. The van der Waals surface area contributed by atoms with E-state index >= 15 is 0 Å². The fraction of sp³-hybridized carbons (Fsp3) is 0. The second kappa shape index (κ2) is 7.46. The number of rotatable bonds is 5. The lowest BCUT2D eigenvalue weighted by atomic mass is 10.1. The number of azo groups is 1. The average Bonchev–Trinajstić information content (AvgIpc) is 2.65. The molecule has 4 N–H and O–H groups in total. The highest BCUT2D eigenvalue weighted by atomic mass is 32.2. The molecular formula is C17H12N2O9S2. The van der Waals surface area contributed by atoms with Crippen LogP contribution in [0.1, 0.15) is 10.4 Å². The normalized spacial score (nSPS) is 12.5. The van der Waals surface area contributed by atoms with E-state index in [2.05, 4.69) is 10.2 Å². The van der Waals surface area contributed by atoms with Gasteiger partial charge in [0.05, 0.1) is 16.1 Å². The van der Waals surface area contributed by atoms with Crippen molar-refractivity contribution in [3.05, 3.63) is 54.1 Å². The monoisotopic (exact) mass is 452 g/mol. The number of hydrogen-bond acceptors (Lipinski definition) is 8. The zero-order valence-electron chi connectivity index (χ0n) is 14.7. The quantitative estimate of drug-likeness (QED) is 0.332. The van der Waals surface area contributed by atoms with Crippen molar-refractivity contribution in [2.24, 2.45) is 10.2 Å². The van der Waals surface area contributed by atoms with Crippen LogP contribution in [0.2, 0.25) is 0 Å². The molecule has 3 aromatic carbocycles. The van der Waals surface area contributed by atoms with Gasteiger partial charge in [0.2, 0.25) is 0 Å². The maximum absolute atomic E-state index is 11.6. The molecule has 0 saturated heterocycles. The summed E-state index contributed by atoms with van der Waals surface area (Å²) in [7, 11) is -9.56. The smallest absolute Gasteiger partial charge is 0.335 e. The Hall–Kier alpha value is -3.39. The number of nitrogens with zero attached hydrogens (tertiary/aromatic N) is 2. The number of fused-ring (bicyclic) bond motifs is 1. The van der Waals surface area contributed by atoms with Gasteiger partial charge in [-0.2, -0.15) is 21.9 Å². The van der Waals surface area contributed by atoms with E-state index in [1.807, 2.05) is 0 Å². The lowest BCUT2D eigenvalue weighted by Crippen LogP contribution is -2.00. The van der Waals surface area contributed by atoms with Crippen molar-refractivity contribution in [3.8, 4) is 5.75 Å². The Labute approximate surface area is 169 Å². The van der Waals surface area contributed by atoms with Gasteiger partial charge in [-0.15, -0.1) is 5.11 Å². The molecule has 3 aromatic rings. The van der Waals surface area contributed by atoms with Crippen LogP contribution in [0.15, 0.2) is 68.6 Å². The lowest BCUT2D eigenvalue weighted by Gasteiger charge is -2.09. The maximum atomic E-state index is 11.6.